The Kier molecular flexibility index (Phi) is 8.04. The standard InChI is InChI=1S/C32H31FN6O3S2/c1-5-7-20(6-2)21-8-9-26-23(12-21)24(19(4)40)15-37(26)16-28(41)39-14-22(33)13-27(39)30(42)36-31-35-25(17-44-31)29-18(3)34-32-38(29)10-11-43-32/h5-12,15,17,22,27H,13-14,16H2,1-4H3,(H,35,36,42)/b7-5-,20-6+/t22-,27+/m1/s1. The highest BCUT2D eigenvalue weighted by Gasteiger charge is 2.40. The highest BCUT2D eigenvalue weighted by atomic mass is 32.1. The summed E-state index contributed by atoms with van der Waals surface area (Å²) in [6, 6.07) is 4.80. The number of alkyl halides is 1. The summed E-state index contributed by atoms with van der Waals surface area (Å²) < 4.78 is 18.4. The number of imidazole rings is 1. The van der Waals surface area contributed by atoms with Crippen molar-refractivity contribution in [2.45, 2.75) is 52.9 Å². The van der Waals surface area contributed by atoms with Crippen molar-refractivity contribution in [2.24, 2.45) is 0 Å². The number of nitrogens with zero attached hydrogens (tertiary/aromatic N) is 5. The lowest BCUT2D eigenvalue weighted by atomic mass is 10.0. The molecule has 226 valence electrons. The molecule has 5 aromatic rings. The summed E-state index contributed by atoms with van der Waals surface area (Å²) in [6.07, 6.45) is 8.10. The van der Waals surface area contributed by atoms with Gasteiger partial charge in [-0.25, -0.2) is 14.4 Å². The number of halogens is 1. The molecular weight excluding hydrogens is 600 g/mol. The predicted octanol–water partition coefficient (Wildman–Crippen LogP) is 6.54. The number of aryl methyl sites for hydroxylation is 1. The number of allylic oxidation sites excluding steroid dienone is 4. The molecule has 1 aliphatic rings. The summed E-state index contributed by atoms with van der Waals surface area (Å²) in [5, 5.41) is 7.68. The topological polar surface area (TPSA) is 102 Å². The molecule has 0 saturated carbocycles. The van der Waals surface area contributed by atoms with Gasteiger partial charge in [-0.3, -0.25) is 18.8 Å². The van der Waals surface area contributed by atoms with Gasteiger partial charge in [0.05, 0.1) is 17.9 Å². The zero-order valence-electron chi connectivity index (χ0n) is 24.7. The monoisotopic (exact) mass is 630 g/mol. The Bertz CT molecular complexity index is 1980. The largest absolute Gasteiger partial charge is 0.337 e. The van der Waals surface area contributed by atoms with Gasteiger partial charge in [-0.05, 0) is 51.0 Å². The first-order valence-electron chi connectivity index (χ1n) is 14.2. The number of fused-ring (bicyclic) bond motifs is 2. The molecule has 2 atom stereocenters. The van der Waals surface area contributed by atoms with E-state index in [1.54, 1.807) is 10.8 Å². The van der Waals surface area contributed by atoms with Gasteiger partial charge in [0, 0.05) is 46.0 Å². The highest BCUT2D eigenvalue weighted by Crippen LogP contribution is 2.31. The minimum atomic E-state index is -1.33. The Morgan fingerprint density at radius 1 is 1.18 bits per heavy atom. The second-order valence-corrected chi connectivity index (χ2v) is 12.5. The van der Waals surface area contributed by atoms with Gasteiger partial charge >= 0.3 is 0 Å². The molecule has 6 rings (SSSR count). The summed E-state index contributed by atoms with van der Waals surface area (Å²) in [5.41, 5.74) is 5.53. The van der Waals surface area contributed by atoms with E-state index < -0.39 is 24.0 Å². The number of hydrogen-bond acceptors (Lipinski definition) is 7. The Hall–Kier alpha value is -4.42. The zero-order chi connectivity index (χ0) is 31.1. The Morgan fingerprint density at radius 2 is 2.00 bits per heavy atom. The summed E-state index contributed by atoms with van der Waals surface area (Å²) >= 11 is 2.78. The maximum atomic E-state index is 14.7. The van der Waals surface area contributed by atoms with Crippen molar-refractivity contribution in [1.82, 2.24) is 23.8 Å². The van der Waals surface area contributed by atoms with E-state index in [4.69, 9.17) is 0 Å². The fraction of sp³-hybridized carbons (Fsp3) is 0.281. The summed E-state index contributed by atoms with van der Waals surface area (Å²) in [5.74, 6) is -1.01. The summed E-state index contributed by atoms with van der Waals surface area (Å²) in [7, 11) is 0. The molecule has 9 nitrogen and oxygen atoms in total. The molecule has 12 heteroatoms. The van der Waals surface area contributed by atoms with Crippen LogP contribution in [0.3, 0.4) is 0 Å². The molecule has 44 heavy (non-hydrogen) atoms. The number of amides is 2. The van der Waals surface area contributed by atoms with Gasteiger partial charge in [-0.2, -0.15) is 0 Å². The van der Waals surface area contributed by atoms with Gasteiger partial charge in [-0.15, -0.1) is 22.7 Å². The highest BCUT2D eigenvalue weighted by molar-refractivity contribution is 7.15. The maximum Gasteiger partial charge on any atom is 0.249 e. The number of carbonyl (C=O) groups excluding carboxylic acids is 3. The molecule has 5 heterocycles. The average Bonchev–Trinajstić information content (AvgIpc) is 3.81. The number of carbonyl (C=O) groups is 3. The van der Waals surface area contributed by atoms with Crippen molar-refractivity contribution in [3.63, 3.8) is 0 Å². The molecule has 0 spiro atoms. The third-order valence-corrected chi connectivity index (χ3v) is 9.36. The first-order valence-corrected chi connectivity index (χ1v) is 16.0. The number of likely N-dealkylation sites (tertiary alicyclic amines) is 1. The van der Waals surface area contributed by atoms with Crippen molar-refractivity contribution < 1.29 is 18.8 Å². The lowest BCUT2D eigenvalue weighted by Crippen LogP contribution is -2.44. The van der Waals surface area contributed by atoms with Crippen LogP contribution in [-0.2, 0) is 16.1 Å². The number of nitrogens with one attached hydrogen (secondary N) is 1. The molecular formula is C32H31FN6O3S2. The van der Waals surface area contributed by atoms with Gasteiger partial charge in [0.1, 0.15) is 24.5 Å². The van der Waals surface area contributed by atoms with Crippen LogP contribution >= 0.6 is 22.7 Å². The predicted molar refractivity (Wildman–Crippen MR) is 173 cm³/mol. The molecule has 1 aliphatic heterocycles. The van der Waals surface area contributed by atoms with Crippen LogP contribution in [0.4, 0.5) is 9.52 Å². The molecule has 0 aliphatic carbocycles. The number of Topliss-reactive ketones (excluding diaryl/α,β-unsaturated/α-hetero) is 1. The zero-order valence-corrected chi connectivity index (χ0v) is 26.3. The third kappa shape index (κ3) is 5.39. The molecule has 1 saturated heterocycles. The lowest BCUT2D eigenvalue weighted by molar-refractivity contribution is -0.137. The second-order valence-electron chi connectivity index (χ2n) is 10.7. The van der Waals surface area contributed by atoms with E-state index in [1.807, 2.05) is 78.6 Å². The SMILES string of the molecule is C/C=C\C(=C/C)c1ccc2c(c1)c(C(C)=O)cn2CC(=O)N1C[C@H](F)C[C@H]1C(=O)Nc1nc(-c2c(C)nc3sccn23)cs1. The number of benzene rings is 1. The third-order valence-electron chi connectivity index (χ3n) is 7.84. The molecule has 0 unspecified atom stereocenters. The van der Waals surface area contributed by atoms with Crippen LogP contribution in [0.25, 0.3) is 32.8 Å². The normalized spacial score (nSPS) is 17.4. The maximum absolute atomic E-state index is 14.7. The lowest BCUT2D eigenvalue weighted by Gasteiger charge is -2.23. The number of anilines is 1. The molecule has 4 aromatic heterocycles. The number of hydrogen-bond donors (Lipinski definition) is 1. The van der Waals surface area contributed by atoms with E-state index in [-0.39, 0.29) is 25.3 Å². The molecule has 2 amide bonds. The van der Waals surface area contributed by atoms with E-state index in [0.29, 0.717) is 21.9 Å². The Morgan fingerprint density at radius 3 is 2.75 bits per heavy atom. The van der Waals surface area contributed by atoms with Crippen LogP contribution in [0.5, 0.6) is 0 Å². The Balaban J connectivity index is 1.22. The Labute approximate surface area is 261 Å². The van der Waals surface area contributed by atoms with Gasteiger partial charge in [0.25, 0.3) is 0 Å². The first-order chi connectivity index (χ1) is 21.2. The van der Waals surface area contributed by atoms with E-state index in [9.17, 15) is 18.8 Å². The van der Waals surface area contributed by atoms with Crippen LogP contribution in [-0.4, -0.2) is 60.2 Å². The molecule has 1 fully saturated rings. The van der Waals surface area contributed by atoms with Crippen LogP contribution < -0.4 is 5.32 Å². The smallest absolute Gasteiger partial charge is 0.249 e. The van der Waals surface area contributed by atoms with Gasteiger partial charge in [0.2, 0.25) is 11.8 Å². The van der Waals surface area contributed by atoms with Crippen LogP contribution in [0.2, 0.25) is 0 Å². The van der Waals surface area contributed by atoms with E-state index in [2.05, 4.69) is 15.3 Å². The van der Waals surface area contributed by atoms with Gasteiger partial charge in [0.15, 0.2) is 15.9 Å². The number of thiazole rings is 2. The fourth-order valence-corrected chi connectivity index (χ4v) is 7.26. The summed E-state index contributed by atoms with van der Waals surface area (Å²) in [6.45, 7) is 6.98. The minimum absolute atomic E-state index is 0.0986. The quantitative estimate of drug-likeness (QED) is 0.155. The van der Waals surface area contributed by atoms with E-state index in [1.165, 1.54) is 34.5 Å². The van der Waals surface area contributed by atoms with Gasteiger partial charge in [-0.1, -0.05) is 24.3 Å². The molecule has 0 bridgehead atoms. The van der Waals surface area contributed by atoms with Crippen molar-refractivity contribution in [3.05, 3.63) is 76.4 Å². The van der Waals surface area contributed by atoms with Crippen molar-refractivity contribution in [1.29, 1.82) is 0 Å². The van der Waals surface area contributed by atoms with E-state index in [0.717, 1.165) is 32.9 Å². The van der Waals surface area contributed by atoms with Crippen molar-refractivity contribution in [2.75, 3.05) is 11.9 Å². The average molecular weight is 631 g/mol. The molecule has 1 N–H and O–H groups in total. The molecule has 0 radical (unpaired) electrons. The van der Waals surface area contributed by atoms with Crippen LogP contribution in [0.15, 0.2) is 59.6 Å². The van der Waals surface area contributed by atoms with Crippen molar-refractivity contribution in [3.8, 4) is 11.4 Å². The van der Waals surface area contributed by atoms with Gasteiger partial charge < -0.3 is 14.8 Å². The molecule has 1 aromatic carbocycles. The van der Waals surface area contributed by atoms with Crippen LogP contribution in [0.1, 0.15) is 48.8 Å². The van der Waals surface area contributed by atoms with Crippen LogP contribution in [0, 0.1) is 6.92 Å². The minimum Gasteiger partial charge on any atom is -0.337 e. The second kappa shape index (κ2) is 11.9. The first kappa shape index (κ1) is 29.6. The number of ketones is 1. The van der Waals surface area contributed by atoms with E-state index >= 15 is 0 Å². The summed E-state index contributed by atoms with van der Waals surface area (Å²) in [4.78, 5) is 50.8. The number of rotatable bonds is 8. The van der Waals surface area contributed by atoms with Crippen molar-refractivity contribution >= 4 is 66.8 Å². The fourth-order valence-electron chi connectivity index (χ4n) is 5.80. The number of aromatic nitrogens is 4.